The molecule has 31 atom stereocenters. The molecule has 3 saturated carbocycles. The van der Waals surface area contributed by atoms with E-state index in [1.807, 2.05) is 6.92 Å². The molecule has 0 bridgehead atoms. The Morgan fingerprint density at radius 1 is 0.581 bits per heavy atom. The molecule has 6 heterocycles. The Balaban J connectivity index is 0.813. The second-order valence-electron chi connectivity index (χ2n) is 24.2. The fourth-order valence-electron chi connectivity index (χ4n) is 15.6. The summed E-state index contributed by atoms with van der Waals surface area (Å²) in [6.07, 6.45) is -21.5. The van der Waals surface area contributed by atoms with Crippen LogP contribution in [-0.4, -0.2) is 239 Å². The van der Waals surface area contributed by atoms with Crippen molar-refractivity contribution >= 4 is 0 Å². The highest BCUT2D eigenvalue weighted by Crippen LogP contribution is 2.71. The van der Waals surface area contributed by atoms with Crippen LogP contribution in [0.3, 0.4) is 0 Å². The molecule has 10 rings (SSSR count). The lowest BCUT2D eigenvalue weighted by Crippen LogP contribution is -2.67. The standard InChI is InChI=1S/C51H82O23/c1-20-31-27(73-51(20)13-12-48(3,74-51)19-65-44-38(61)36(59)33(56)28(16-52)68-44)15-26-24-7-6-22-14-23(8-10-49(22,4)25(24)9-11-50(26,31)5)67-47-43(72-46-40(63)37(60)34(57)29(17-53)69-46)41(64)42(30(18-54)70-47)71-45-39(62)35(58)32(55)21(2)66-45/h6,20-21,23-47,52-64H,7-19H2,1-5H3/t20-,21+,23-,24+,25-,26-,27-,28+,29+,30-,31-,32-,33+,34+,35-,36-,37-,38+,39+,40+,41-,42+,43+,44+,45-,46-,47-,48-,49-,50-,51-/m0/s1. The third kappa shape index (κ3) is 9.38. The Kier molecular flexibility index (Phi) is 16.0. The van der Waals surface area contributed by atoms with Crippen molar-refractivity contribution in [3.63, 3.8) is 0 Å². The van der Waals surface area contributed by atoms with Gasteiger partial charge < -0.3 is 114 Å². The molecule has 6 aliphatic heterocycles. The van der Waals surface area contributed by atoms with E-state index in [4.69, 9.17) is 47.4 Å². The lowest BCUT2D eigenvalue weighted by Gasteiger charge is -2.58. The predicted octanol–water partition coefficient (Wildman–Crippen LogP) is -2.85. The number of hydrogen-bond acceptors (Lipinski definition) is 23. The first-order valence-corrected chi connectivity index (χ1v) is 26.9. The fourth-order valence-corrected chi connectivity index (χ4v) is 15.6. The molecule has 74 heavy (non-hydrogen) atoms. The minimum Gasteiger partial charge on any atom is -0.394 e. The highest BCUT2D eigenvalue weighted by Gasteiger charge is 2.70. The molecule has 23 heteroatoms. The zero-order valence-electron chi connectivity index (χ0n) is 42.8. The maximum atomic E-state index is 12.1. The number of fused-ring (bicyclic) bond motifs is 7. The van der Waals surface area contributed by atoms with Gasteiger partial charge in [-0.25, -0.2) is 0 Å². The van der Waals surface area contributed by atoms with E-state index in [0.29, 0.717) is 43.4 Å². The van der Waals surface area contributed by atoms with Gasteiger partial charge >= 0.3 is 0 Å². The Morgan fingerprint density at radius 3 is 1.84 bits per heavy atom. The number of hydrogen-bond donors (Lipinski definition) is 13. The van der Waals surface area contributed by atoms with Crippen LogP contribution < -0.4 is 0 Å². The van der Waals surface area contributed by atoms with Crippen LogP contribution in [-0.2, 0) is 47.4 Å². The Bertz CT molecular complexity index is 1980. The number of rotatable bonds is 12. The molecule has 10 aliphatic rings. The second kappa shape index (κ2) is 21.0. The molecule has 6 saturated heterocycles. The van der Waals surface area contributed by atoms with Gasteiger partial charge in [-0.05, 0) is 99.7 Å². The summed E-state index contributed by atoms with van der Waals surface area (Å²) >= 11 is 0. The predicted molar refractivity (Wildman–Crippen MR) is 248 cm³/mol. The first-order valence-electron chi connectivity index (χ1n) is 26.9. The molecule has 0 radical (unpaired) electrons. The highest BCUT2D eigenvalue weighted by molar-refractivity contribution is 5.27. The van der Waals surface area contributed by atoms with Gasteiger partial charge in [0.05, 0.1) is 50.3 Å². The SMILES string of the molecule is C[C@H]1O[C@@H](O[C@H]2[C@H](O)[C@@H](O[C@@H]3O[C@H](CO)[C@@H](O)[C@H](O)[C@H]3O)[C@@H](O[C@H]3CC[C@@]4(C)C(=CC[C@H]5[C@@H]6C[C@@H]7O[C@]8(CC[C@@](C)(CO[C@@H]9O[C@H](CO)[C@@H](O)[C@H](O)[C@H]9O)O8)[C@@H](C)[C@@H]7[C@@]6(C)CC[C@@H]54)C3)O[C@H]2CO)[C@H](O)[C@@H](O)[C@H]1O. The second-order valence-corrected chi connectivity index (χ2v) is 24.2. The summed E-state index contributed by atoms with van der Waals surface area (Å²) in [5.41, 5.74) is 0.321. The zero-order chi connectivity index (χ0) is 53.1. The zero-order valence-corrected chi connectivity index (χ0v) is 42.8. The van der Waals surface area contributed by atoms with Gasteiger partial charge in [0.15, 0.2) is 30.9 Å². The Labute approximate surface area is 430 Å². The summed E-state index contributed by atoms with van der Waals surface area (Å²) in [5.74, 6) is 0.713. The smallest absolute Gasteiger partial charge is 0.187 e. The van der Waals surface area contributed by atoms with Crippen LogP contribution in [0.5, 0.6) is 0 Å². The number of aliphatic hydroxyl groups excluding tert-OH is 13. The third-order valence-corrected chi connectivity index (χ3v) is 19.9. The van der Waals surface area contributed by atoms with Crippen LogP contribution >= 0.6 is 0 Å². The normalized spacial score (nSPS) is 57.4. The lowest BCUT2D eigenvalue weighted by molar-refractivity contribution is -0.390. The topological polar surface area (TPSA) is 355 Å². The number of aliphatic hydroxyl groups is 13. The van der Waals surface area contributed by atoms with Gasteiger partial charge in [0.1, 0.15) is 91.6 Å². The fraction of sp³-hybridized carbons (Fsp3) is 0.961. The van der Waals surface area contributed by atoms with Crippen LogP contribution in [0.15, 0.2) is 11.6 Å². The van der Waals surface area contributed by atoms with Gasteiger partial charge in [-0.2, -0.15) is 0 Å². The van der Waals surface area contributed by atoms with Gasteiger partial charge in [0.25, 0.3) is 0 Å². The van der Waals surface area contributed by atoms with Crippen LogP contribution in [0.2, 0.25) is 0 Å². The molecular weight excluding hydrogens is 981 g/mol. The van der Waals surface area contributed by atoms with Crippen LogP contribution in [0.25, 0.3) is 0 Å². The van der Waals surface area contributed by atoms with E-state index in [1.54, 1.807) is 0 Å². The Morgan fingerprint density at radius 2 is 1.18 bits per heavy atom. The maximum Gasteiger partial charge on any atom is 0.187 e. The van der Waals surface area contributed by atoms with Crippen LogP contribution in [0.1, 0.15) is 92.4 Å². The van der Waals surface area contributed by atoms with Crippen LogP contribution in [0, 0.1) is 40.4 Å². The molecule has 0 aromatic heterocycles. The van der Waals surface area contributed by atoms with Gasteiger partial charge in [0, 0.05) is 12.3 Å². The molecule has 424 valence electrons. The molecule has 0 aromatic rings. The summed E-state index contributed by atoms with van der Waals surface area (Å²) in [5, 5.41) is 137. The molecule has 0 unspecified atom stereocenters. The van der Waals surface area contributed by atoms with E-state index in [-0.39, 0.29) is 35.4 Å². The van der Waals surface area contributed by atoms with Crippen molar-refractivity contribution in [2.45, 2.75) is 239 Å². The molecule has 13 N–H and O–H groups in total. The van der Waals surface area contributed by atoms with Gasteiger partial charge in [-0.3, -0.25) is 0 Å². The van der Waals surface area contributed by atoms with Crippen LogP contribution in [0.4, 0.5) is 0 Å². The third-order valence-electron chi connectivity index (χ3n) is 19.9. The van der Waals surface area contributed by atoms with E-state index in [9.17, 15) is 66.4 Å². The molecule has 1 spiro atoms. The summed E-state index contributed by atoms with van der Waals surface area (Å²) in [6.45, 7) is 8.47. The first kappa shape index (κ1) is 56.1. The maximum absolute atomic E-state index is 12.1. The molecule has 9 fully saturated rings. The summed E-state index contributed by atoms with van der Waals surface area (Å²) < 4.78 is 62.0. The average molecular weight is 1060 g/mol. The average Bonchev–Trinajstić information content (AvgIpc) is 4.02. The minimum absolute atomic E-state index is 0.00479. The molecule has 0 aromatic carbocycles. The largest absolute Gasteiger partial charge is 0.394 e. The molecule has 23 nitrogen and oxygen atoms in total. The van der Waals surface area contributed by atoms with E-state index in [0.717, 1.165) is 32.1 Å². The van der Waals surface area contributed by atoms with Crippen molar-refractivity contribution in [3.8, 4) is 0 Å². The number of allylic oxidation sites excluding steroid dienone is 1. The highest BCUT2D eigenvalue weighted by atomic mass is 16.8. The molecule has 0 amide bonds. The van der Waals surface area contributed by atoms with Crippen molar-refractivity contribution in [2.24, 2.45) is 40.4 Å². The van der Waals surface area contributed by atoms with E-state index < -0.39 is 160 Å². The Hall–Kier alpha value is -1.18. The van der Waals surface area contributed by atoms with E-state index in [1.165, 1.54) is 12.5 Å². The van der Waals surface area contributed by atoms with Gasteiger partial charge in [0.2, 0.25) is 0 Å². The quantitative estimate of drug-likeness (QED) is 0.0875. The van der Waals surface area contributed by atoms with Crippen molar-refractivity contribution in [3.05, 3.63) is 11.6 Å². The minimum atomic E-state index is -1.85. The van der Waals surface area contributed by atoms with Crippen molar-refractivity contribution in [1.82, 2.24) is 0 Å². The van der Waals surface area contributed by atoms with Crippen molar-refractivity contribution < 1.29 is 114 Å². The summed E-state index contributed by atoms with van der Waals surface area (Å²) in [6, 6.07) is 0. The van der Waals surface area contributed by atoms with E-state index in [2.05, 4.69) is 26.8 Å². The van der Waals surface area contributed by atoms with Gasteiger partial charge in [-0.1, -0.05) is 32.4 Å². The van der Waals surface area contributed by atoms with E-state index >= 15 is 0 Å². The monoisotopic (exact) mass is 1060 g/mol. The van der Waals surface area contributed by atoms with Crippen molar-refractivity contribution in [2.75, 3.05) is 26.4 Å². The van der Waals surface area contributed by atoms with Gasteiger partial charge in [-0.15, -0.1) is 0 Å². The molecule has 4 aliphatic carbocycles. The summed E-state index contributed by atoms with van der Waals surface area (Å²) in [7, 11) is 0. The first-order chi connectivity index (χ1) is 35.0. The summed E-state index contributed by atoms with van der Waals surface area (Å²) in [4.78, 5) is 0. The number of ether oxygens (including phenoxy) is 10. The lowest BCUT2D eigenvalue weighted by atomic mass is 9.47. The van der Waals surface area contributed by atoms with Crippen molar-refractivity contribution in [1.29, 1.82) is 0 Å². The molecular formula is C51H82O23.